The lowest BCUT2D eigenvalue weighted by Gasteiger charge is -2.20. The zero-order valence-corrected chi connectivity index (χ0v) is 19.0. The summed E-state index contributed by atoms with van der Waals surface area (Å²) in [6.07, 6.45) is 1.58. The number of carboxylic acids is 2. The van der Waals surface area contributed by atoms with Crippen LogP contribution < -0.4 is 5.32 Å². The topological polar surface area (TPSA) is 104 Å². The third-order valence-electron chi connectivity index (χ3n) is 5.43. The molecule has 3 aromatic rings. The summed E-state index contributed by atoms with van der Waals surface area (Å²) in [5.41, 5.74) is 1.80. The summed E-state index contributed by atoms with van der Waals surface area (Å²) >= 11 is 6.07. The van der Waals surface area contributed by atoms with Crippen molar-refractivity contribution in [3.8, 4) is 11.1 Å². The van der Waals surface area contributed by atoms with Crippen molar-refractivity contribution < 1.29 is 24.6 Å². The molecule has 0 heterocycles. The average molecular weight is 466 g/mol. The third kappa shape index (κ3) is 5.41. The minimum atomic E-state index is -1.27. The van der Waals surface area contributed by atoms with Crippen LogP contribution in [0.4, 0.5) is 0 Å². The molecule has 0 spiro atoms. The van der Waals surface area contributed by atoms with Gasteiger partial charge >= 0.3 is 11.9 Å². The molecule has 170 valence electrons. The Labute approximate surface area is 196 Å². The van der Waals surface area contributed by atoms with Crippen LogP contribution in [0.2, 0.25) is 5.02 Å². The van der Waals surface area contributed by atoms with Gasteiger partial charge in [-0.05, 0) is 65.9 Å². The molecule has 0 aliphatic heterocycles. The number of carboxylic acid groups (broad SMARTS) is 2. The van der Waals surface area contributed by atoms with Crippen molar-refractivity contribution in [1.29, 1.82) is 0 Å². The van der Waals surface area contributed by atoms with Gasteiger partial charge in [0.1, 0.15) is 0 Å². The van der Waals surface area contributed by atoms with Crippen molar-refractivity contribution >= 4 is 29.4 Å². The number of carbonyl (C=O) groups is 3. The highest BCUT2D eigenvalue weighted by Gasteiger charge is 2.23. The van der Waals surface area contributed by atoms with Gasteiger partial charge in [-0.3, -0.25) is 4.79 Å². The summed E-state index contributed by atoms with van der Waals surface area (Å²) in [7, 11) is 0. The fraction of sp³-hybridized carbons (Fsp3) is 0.192. The van der Waals surface area contributed by atoms with E-state index in [0.29, 0.717) is 5.56 Å². The fourth-order valence-electron chi connectivity index (χ4n) is 3.81. The van der Waals surface area contributed by atoms with E-state index in [-0.39, 0.29) is 38.9 Å². The second-order valence-corrected chi connectivity index (χ2v) is 8.17. The van der Waals surface area contributed by atoms with Crippen LogP contribution in [-0.2, 0) is 0 Å². The van der Waals surface area contributed by atoms with Crippen molar-refractivity contribution in [2.45, 2.75) is 32.7 Å². The van der Waals surface area contributed by atoms with Crippen LogP contribution >= 0.6 is 11.6 Å². The van der Waals surface area contributed by atoms with Crippen LogP contribution in [0.5, 0.6) is 0 Å². The second-order valence-electron chi connectivity index (χ2n) is 7.74. The maximum atomic E-state index is 13.2. The van der Waals surface area contributed by atoms with Gasteiger partial charge in [0.05, 0.1) is 17.2 Å². The zero-order valence-electron chi connectivity index (χ0n) is 18.3. The van der Waals surface area contributed by atoms with Gasteiger partial charge in [0.2, 0.25) is 0 Å². The maximum absolute atomic E-state index is 13.2. The normalized spacial score (nSPS) is 11.6. The van der Waals surface area contributed by atoms with Gasteiger partial charge in [0.15, 0.2) is 0 Å². The summed E-state index contributed by atoms with van der Waals surface area (Å²) in [5, 5.41) is 22.7. The van der Waals surface area contributed by atoms with E-state index in [0.717, 1.165) is 18.4 Å². The lowest BCUT2D eigenvalue weighted by Crippen LogP contribution is -2.29. The molecule has 1 amide bonds. The molecule has 0 fully saturated rings. The minimum absolute atomic E-state index is 0.0782. The highest BCUT2D eigenvalue weighted by molar-refractivity contribution is 6.31. The van der Waals surface area contributed by atoms with E-state index in [2.05, 4.69) is 5.32 Å². The van der Waals surface area contributed by atoms with Crippen LogP contribution in [0.15, 0.2) is 60.7 Å². The number of rotatable bonds is 8. The van der Waals surface area contributed by atoms with Crippen LogP contribution in [0.1, 0.15) is 68.0 Å². The molecule has 7 heteroatoms. The summed E-state index contributed by atoms with van der Waals surface area (Å²) in [6, 6.07) is 16.3. The summed E-state index contributed by atoms with van der Waals surface area (Å²) < 4.78 is 0. The number of hydrogen-bond acceptors (Lipinski definition) is 3. The Morgan fingerprint density at radius 3 is 2.12 bits per heavy atom. The van der Waals surface area contributed by atoms with E-state index >= 15 is 0 Å². The number of hydrogen-bond donors (Lipinski definition) is 3. The number of nitrogens with one attached hydrogen (secondary N) is 1. The molecule has 0 bridgehead atoms. The molecular weight excluding hydrogens is 442 g/mol. The highest BCUT2D eigenvalue weighted by Crippen LogP contribution is 2.32. The number of amides is 1. The van der Waals surface area contributed by atoms with E-state index in [1.807, 2.05) is 37.3 Å². The monoisotopic (exact) mass is 465 g/mol. The minimum Gasteiger partial charge on any atom is -0.478 e. The molecule has 0 saturated carbocycles. The molecular formula is C26H24ClNO5. The predicted octanol–water partition coefficient (Wildman–Crippen LogP) is 5.98. The Bertz CT molecular complexity index is 1210. The number of carbonyl (C=O) groups excluding carboxylic acids is 1. The Hall–Kier alpha value is -3.64. The molecule has 3 N–H and O–H groups in total. The van der Waals surface area contributed by atoms with Gasteiger partial charge in [0.25, 0.3) is 5.91 Å². The highest BCUT2D eigenvalue weighted by atomic mass is 35.5. The first-order valence-electron chi connectivity index (χ1n) is 10.5. The van der Waals surface area contributed by atoms with Crippen molar-refractivity contribution in [2.75, 3.05) is 0 Å². The summed E-state index contributed by atoms with van der Waals surface area (Å²) in [5.74, 6) is -2.88. The van der Waals surface area contributed by atoms with E-state index in [9.17, 15) is 24.6 Å². The smallest absolute Gasteiger partial charge is 0.336 e. The van der Waals surface area contributed by atoms with Crippen LogP contribution in [0, 0.1) is 6.92 Å². The van der Waals surface area contributed by atoms with Gasteiger partial charge in [-0.25, -0.2) is 9.59 Å². The molecule has 0 aliphatic rings. The quantitative estimate of drug-likeness (QED) is 0.379. The van der Waals surface area contributed by atoms with E-state index in [4.69, 9.17) is 11.6 Å². The summed E-state index contributed by atoms with van der Waals surface area (Å²) in [6.45, 7) is 3.71. The van der Waals surface area contributed by atoms with E-state index < -0.39 is 17.8 Å². The Balaban J connectivity index is 2.07. The van der Waals surface area contributed by atoms with Gasteiger partial charge < -0.3 is 15.5 Å². The Morgan fingerprint density at radius 1 is 0.879 bits per heavy atom. The molecule has 6 nitrogen and oxygen atoms in total. The van der Waals surface area contributed by atoms with Crippen molar-refractivity contribution in [3.63, 3.8) is 0 Å². The van der Waals surface area contributed by atoms with Crippen molar-refractivity contribution in [3.05, 3.63) is 93.5 Å². The van der Waals surface area contributed by atoms with Crippen molar-refractivity contribution in [2.24, 2.45) is 0 Å². The molecule has 1 atom stereocenters. The second kappa shape index (κ2) is 10.3. The zero-order chi connectivity index (χ0) is 24.1. The lowest BCUT2D eigenvalue weighted by atomic mass is 9.91. The number of benzene rings is 3. The molecule has 0 aromatic heterocycles. The predicted molar refractivity (Wildman–Crippen MR) is 127 cm³/mol. The Morgan fingerprint density at radius 2 is 1.52 bits per heavy atom. The Kier molecular flexibility index (Phi) is 7.51. The number of halogens is 1. The van der Waals surface area contributed by atoms with Gasteiger partial charge in [0, 0.05) is 10.6 Å². The molecule has 3 aromatic carbocycles. The molecule has 0 radical (unpaired) electrons. The lowest BCUT2D eigenvalue weighted by molar-refractivity contribution is 0.0684. The SMILES string of the molecule is CCC[C@@H](NC(=O)c1cc(C(=O)O)c(-c2cc(Cl)ccc2C(=O)O)cc1C)c1ccccc1. The first-order valence-corrected chi connectivity index (χ1v) is 10.9. The maximum Gasteiger partial charge on any atom is 0.336 e. The van der Waals surface area contributed by atoms with Gasteiger partial charge in [-0.2, -0.15) is 0 Å². The molecule has 0 unspecified atom stereocenters. The van der Waals surface area contributed by atoms with Gasteiger partial charge in [-0.15, -0.1) is 0 Å². The van der Waals surface area contributed by atoms with E-state index in [1.54, 1.807) is 6.92 Å². The third-order valence-corrected chi connectivity index (χ3v) is 5.66. The number of aryl methyl sites for hydroxylation is 1. The number of aromatic carboxylic acids is 2. The van der Waals surface area contributed by atoms with Crippen LogP contribution in [-0.4, -0.2) is 28.1 Å². The molecule has 3 rings (SSSR count). The molecule has 33 heavy (non-hydrogen) atoms. The van der Waals surface area contributed by atoms with Crippen LogP contribution in [0.3, 0.4) is 0 Å². The van der Waals surface area contributed by atoms with Gasteiger partial charge in [-0.1, -0.05) is 55.3 Å². The average Bonchev–Trinajstić information content (AvgIpc) is 2.78. The first-order chi connectivity index (χ1) is 15.7. The largest absolute Gasteiger partial charge is 0.478 e. The first kappa shape index (κ1) is 24.0. The summed E-state index contributed by atoms with van der Waals surface area (Å²) in [4.78, 5) is 36.9. The van der Waals surface area contributed by atoms with Crippen molar-refractivity contribution in [1.82, 2.24) is 5.32 Å². The molecule has 0 saturated heterocycles. The fourth-order valence-corrected chi connectivity index (χ4v) is 3.98. The van der Waals surface area contributed by atoms with E-state index in [1.165, 1.54) is 30.3 Å². The molecule has 0 aliphatic carbocycles. The standard InChI is InChI=1S/C26H24ClNO5/c1-3-7-23(16-8-5-4-6-9-16)28-24(29)19-14-22(26(32)33)20(12-15(19)2)21-13-17(27)10-11-18(21)25(30)31/h4-6,8-14,23H,3,7H2,1-2H3,(H,28,29)(H,30,31)(H,32,33)/t23-/m1/s1. The van der Waals surface area contributed by atoms with Crippen LogP contribution in [0.25, 0.3) is 11.1 Å².